The van der Waals surface area contributed by atoms with Crippen molar-refractivity contribution in [2.45, 2.75) is 24.7 Å². The zero-order valence-electron chi connectivity index (χ0n) is 17.0. The van der Waals surface area contributed by atoms with Gasteiger partial charge >= 0.3 is 6.03 Å². The van der Waals surface area contributed by atoms with Crippen LogP contribution in [0.15, 0.2) is 45.8 Å². The molecule has 3 N–H and O–H groups in total. The summed E-state index contributed by atoms with van der Waals surface area (Å²) in [5, 5.41) is 27.1. The normalized spacial score (nSPS) is 10.8. The summed E-state index contributed by atoms with van der Waals surface area (Å²) in [5.74, 6) is -0.891. The van der Waals surface area contributed by atoms with Gasteiger partial charge in [-0.3, -0.25) is 25.0 Å². The third-order valence-corrected chi connectivity index (χ3v) is 6.31. The molecule has 13 nitrogen and oxygen atoms in total. The molecule has 0 spiro atoms. The average molecular weight is 544 g/mol. The van der Waals surface area contributed by atoms with Gasteiger partial charge in [-0.25, -0.2) is 17.9 Å². The quantitative estimate of drug-likeness (QED) is 0.243. The van der Waals surface area contributed by atoms with E-state index in [-0.39, 0.29) is 20.6 Å². The number of halogens is 1. The summed E-state index contributed by atoms with van der Waals surface area (Å²) in [6.07, 6.45) is 1.51. The van der Waals surface area contributed by atoms with Gasteiger partial charge in [0.1, 0.15) is 0 Å². The van der Waals surface area contributed by atoms with Crippen LogP contribution in [0, 0.1) is 20.2 Å². The summed E-state index contributed by atoms with van der Waals surface area (Å²) in [4.78, 5) is 44.4. The van der Waals surface area contributed by atoms with E-state index in [4.69, 9.17) is 0 Å². The van der Waals surface area contributed by atoms with Crippen molar-refractivity contribution in [1.29, 1.82) is 0 Å². The molecule has 2 aromatic carbocycles. The molecule has 3 amide bonds. The summed E-state index contributed by atoms with van der Waals surface area (Å²) in [6, 6.07) is 5.57. The van der Waals surface area contributed by atoms with Crippen LogP contribution in [0.2, 0.25) is 0 Å². The van der Waals surface area contributed by atoms with E-state index in [1.807, 2.05) is 11.6 Å². The highest BCUT2D eigenvalue weighted by molar-refractivity contribution is 9.10. The Labute approximate surface area is 196 Å². The van der Waals surface area contributed by atoms with Crippen LogP contribution in [-0.2, 0) is 10.0 Å². The molecule has 0 bridgehead atoms. The van der Waals surface area contributed by atoms with Crippen molar-refractivity contribution in [2.75, 3.05) is 11.9 Å². The second kappa shape index (κ2) is 10.8. The van der Waals surface area contributed by atoms with Gasteiger partial charge < -0.3 is 10.6 Å². The Bertz CT molecular complexity index is 1170. The number of carbonyl (C=O) groups excluding carboxylic acids is 2. The lowest BCUT2D eigenvalue weighted by molar-refractivity contribution is -0.395. The maximum atomic E-state index is 12.5. The molecule has 176 valence electrons. The number of unbranched alkanes of at least 4 members (excludes halogenated alkanes) is 1. The van der Waals surface area contributed by atoms with Crippen LogP contribution in [0.5, 0.6) is 0 Å². The minimum absolute atomic E-state index is 0.111. The van der Waals surface area contributed by atoms with Crippen molar-refractivity contribution in [1.82, 2.24) is 10.0 Å². The Morgan fingerprint density at radius 2 is 1.58 bits per heavy atom. The van der Waals surface area contributed by atoms with Gasteiger partial charge in [-0.15, -0.1) is 0 Å². The first kappa shape index (κ1) is 25.7. The van der Waals surface area contributed by atoms with Crippen molar-refractivity contribution in [3.8, 4) is 0 Å². The van der Waals surface area contributed by atoms with E-state index in [1.165, 1.54) is 12.1 Å². The lowest BCUT2D eigenvalue weighted by atomic mass is 10.1. The standard InChI is InChI=1S/C18H18BrN5O8S/c1-2-3-8-20-18(26)22-33(31,32)13-6-4-12(5-7-13)21-17(25)11-9-14(23(27)28)16(19)15(10-11)24(29)30/h4-7,9-10H,2-3,8H2,1H3,(H,21,25)(H2,20,22,26). The highest BCUT2D eigenvalue weighted by atomic mass is 79.9. The van der Waals surface area contributed by atoms with E-state index < -0.39 is 43.2 Å². The molecule has 0 heterocycles. The number of hydrogen-bond acceptors (Lipinski definition) is 8. The fraction of sp³-hybridized carbons (Fsp3) is 0.222. The molecule has 2 rings (SSSR count). The summed E-state index contributed by atoms with van der Waals surface area (Å²) < 4.78 is 26.0. The largest absolute Gasteiger partial charge is 0.337 e. The predicted molar refractivity (Wildman–Crippen MR) is 120 cm³/mol. The van der Waals surface area contributed by atoms with E-state index in [0.717, 1.165) is 30.7 Å². The second-order valence-electron chi connectivity index (χ2n) is 6.54. The second-order valence-corrected chi connectivity index (χ2v) is 9.01. The molecule has 0 saturated carbocycles. The highest BCUT2D eigenvalue weighted by Crippen LogP contribution is 2.35. The van der Waals surface area contributed by atoms with Crippen LogP contribution in [0.3, 0.4) is 0 Å². The zero-order chi connectivity index (χ0) is 24.8. The molecule has 0 aliphatic carbocycles. The first-order chi connectivity index (χ1) is 15.5. The number of nitro benzene ring substituents is 2. The number of sulfonamides is 1. The predicted octanol–water partition coefficient (Wildman–Crippen LogP) is 3.31. The molecule has 0 saturated heterocycles. The van der Waals surface area contributed by atoms with Gasteiger partial charge in [-0.2, -0.15) is 0 Å². The average Bonchev–Trinajstić information content (AvgIpc) is 2.73. The molecule has 0 aromatic heterocycles. The molecular weight excluding hydrogens is 526 g/mol. The molecule has 2 aromatic rings. The van der Waals surface area contributed by atoms with Gasteiger partial charge in [-0.05, 0) is 46.6 Å². The number of urea groups is 1. The zero-order valence-corrected chi connectivity index (χ0v) is 19.4. The Balaban J connectivity index is 2.18. The number of benzene rings is 2. The van der Waals surface area contributed by atoms with E-state index in [0.29, 0.717) is 13.0 Å². The molecule has 33 heavy (non-hydrogen) atoms. The molecule has 0 atom stereocenters. The topological polar surface area (TPSA) is 191 Å². The van der Waals surface area contributed by atoms with Crippen LogP contribution >= 0.6 is 15.9 Å². The molecule has 0 fully saturated rings. The lowest BCUT2D eigenvalue weighted by Gasteiger charge is -2.10. The van der Waals surface area contributed by atoms with Gasteiger partial charge in [-0.1, -0.05) is 13.3 Å². The van der Waals surface area contributed by atoms with Crippen molar-refractivity contribution in [2.24, 2.45) is 0 Å². The van der Waals surface area contributed by atoms with Crippen LogP contribution < -0.4 is 15.4 Å². The van der Waals surface area contributed by atoms with Gasteiger partial charge in [0, 0.05) is 24.4 Å². The number of nitrogens with zero attached hydrogens (tertiary/aromatic N) is 2. The summed E-state index contributed by atoms with van der Waals surface area (Å²) in [6.45, 7) is 2.23. The number of hydrogen-bond donors (Lipinski definition) is 3. The highest BCUT2D eigenvalue weighted by Gasteiger charge is 2.27. The molecule has 0 aliphatic heterocycles. The first-order valence-corrected chi connectivity index (χ1v) is 11.6. The number of carbonyl (C=O) groups is 2. The fourth-order valence-corrected chi connectivity index (χ4v) is 3.95. The number of nitro groups is 2. The van der Waals surface area contributed by atoms with Crippen LogP contribution in [0.25, 0.3) is 0 Å². The Hall–Kier alpha value is -3.59. The Kier molecular flexibility index (Phi) is 8.42. The fourth-order valence-electron chi connectivity index (χ4n) is 2.51. The maximum Gasteiger partial charge on any atom is 0.328 e. The summed E-state index contributed by atoms with van der Waals surface area (Å²) in [7, 11) is -4.16. The van der Waals surface area contributed by atoms with Crippen LogP contribution in [0.1, 0.15) is 30.1 Å². The third-order valence-electron chi connectivity index (χ3n) is 4.16. The minimum Gasteiger partial charge on any atom is -0.337 e. The smallest absolute Gasteiger partial charge is 0.328 e. The van der Waals surface area contributed by atoms with Crippen molar-refractivity contribution < 1.29 is 27.9 Å². The molecule has 0 aliphatic rings. The Morgan fingerprint density at radius 3 is 2.06 bits per heavy atom. The van der Waals surface area contributed by atoms with E-state index in [9.17, 15) is 38.2 Å². The number of rotatable bonds is 9. The first-order valence-electron chi connectivity index (χ1n) is 9.30. The molecule has 15 heteroatoms. The van der Waals surface area contributed by atoms with Crippen LogP contribution in [-0.4, -0.2) is 36.7 Å². The number of anilines is 1. The van der Waals surface area contributed by atoms with Gasteiger partial charge in [0.15, 0.2) is 4.47 Å². The summed E-state index contributed by atoms with van der Waals surface area (Å²) in [5.41, 5.74) is -1.57. The van der Waals surface area contributed by atoms with Gasteiger partial charge in [0.2, 0.25) is 0 Å². The number of nitrogens with one attached hydrogen (secondary N) is 3. The maximum absolute atomic E-state index is 12.5. The molecule has 0 radical (unpaired) electrons. The SMILES string of the molecule is CCCCNC(=O)NS(=O)(=O)c1ccc(NC(=O)c2cc([N+](=O)[O-])c(Br)c([N+](=O)[O-])c2)cc1. The van der Waals surface area contributed by atoms with Crippen molar-refractivity contribution >= 4 is 55.0 Å². The monoisotopic (exact) mass is 543 g/mol. The Morgan fingerprint density at radius 1 is 1.03 bits per heavy atom. The van der Waals surface area contributed by atoms with Gasteiger partial charge in [0.05, 0.1) is 20.3 Å². The van der Waals surface area contributed by atoms with E-state index >= 15 is 0 Å². The lowest BCUT2D eigenvalue weighted by Crippen LogP contribution is -2.39. The van der Waals surface area contributed by atoms with Gasteiger partial charge in [0.25, 0.3) is 27.3 Å². The summed E-state index contributed by atoms with van der Waals surface area (Å²) >= 11 is 2.79. The van der Waals surface area contributed by atoms with Crippen LogP contribution in [0.4, 0.5) is 21.9 Å². The van der Waals surface area contributed by atoms with Crippen molar-refractivity contribution in [3.63, 3.8) is 0 Å². The molecular formula is C18H18BrN5O8S. The minimum atomic E-state index is -4.16. The van der Waals surface area contributed by atoms with Crippen molar-refractivity contribution in [3.05, 3.63) is 66.7 Å². The third kappa shape index (κ3) is 6.69. The molecule has 0 unspecified atom stereocenters. The van der Waals surface area contributed by atoms with E-state index in [2.05, 4.69) is 26.6 Å². The van der Waals surface area contributed by atoms with E-state index in [1.54, 1.807) is 0 Å². The number of amides is 3.